The molecule has 114 valence electrons. The van der Waals surface area contributed by atoms with E-state index in [1.165, 1.54) is 16.4 Å². The summed E-state index contributed by atoms with van der Waals surface area (Å²) in [4.78, 5) is 0.143. The van der Waals surface area contributed by atoms with Gasteiger partial charge in [-0.3, -0.25) is 0 Å². The van der Waals surface area contributed by atoms with Gasteiger partial charge in [0.05, 0.1) is 17.6 Å². The molecule has 0 spiro atoms. The fourth-order valence-corrected chi connectivity index (χ4v) is 3.69. The molecule has 1 unspecified atom stereocenters. The molecule has 0 saturated carbocycles. The van der Waals surface area contributed by atoms with Crippen molar-refractivity contribution in [2.24, 2.45) is 0 Å². The first-order valence-electron chi connectivity index (χ1n) is 6.75. The van der Waals surface area contributed by atoms with Gasteiger partial charge in [-0.25, -0.2) is 8.42 Å². The molecule has 1 rings (SSSR count). The van der Waals surface area contributed by atoms with Gasteiger partial charge in [0.2, 0.25) is 10.0 Å². The zero-order chi connectivity index (χ0) is 15.3. The molecule has 1 aromatic carbocycles. The second-order valence-corrected chi connectivity index (χ2v) is 6.82. The average Bonchev–Trinajstić information content (AvgIpc) is 2.43. The van der Waals surface area contributed by atoms with Crippen molar-refractivity contribution >= 4 is 10.0 Å². The number of rotatable bonds is 7. The normalized spacial score (nSPS) is 13.9. The second-order valence-electron chi connectivity index (χ2n) is 4.93. The van der Waals surface area contributed by atoms with Crippen molar-refractivity contribution in [2.45, 2.75) is 44.2 Å². The average molecular weight is 301 g/mol. The highest BCUT2D eigenvalue weighted by molar-refractivity contribution is 7.89. The van der Waals surface area contributed by atoms with Crippen LogP contribution in [0.2, 0.25) is 0 Å². The Morgan fingerprint density at radius 3 is 2.45 bits per heavy atom. The monoisotopic (exact) mass is 301 g/mol. The molecule has 0 bridgehead atoms. The van der Waals surface area contributed by atoms with E-state index in [1.807, 2.05) is 6.92 Å². The van der Waals surface area contributed by atoms with Crippen molar-refractivity contribution < 1.29 is 18.6 Å². The van der Waals surface area contributed by atoms with Crippen molar-refractivity contribution in [3.8, 4) is 0 Å². The summed E-state index contributed by atoms with van der Waals surface area (Å²) >= 11 is 0. The van der Waals surface area contributed by atoms with Gasteiger partial charge in [0.25, 0.3) is 0 Å². The number of sulfonamides is 1. The third-order valence-electron chi connectivity index (χ3n) is 3.13. The van der Waals surface area contributed by atoms with Crippen LogP contribution >= 0.6 is 0 Å². The minimum absolute atomic E-state index is 0.0561. The topological polar surface area (TPSA) is 77.8 Å². The molecule has 0 fully saturated rings. The Bertz CT molecular complexity index is 528. The zero-order valence-electron chi connectivity index (χ0n) is 12.2. The minimum Gasteiger partial charge on any atom is -0.395 e. The third-order valence-corrected chi connectivity index (χ3v) is 5.20. The highest BCUT2D eigenvalue weighted by Crippen LogP contribution is 2.23. The molecular formula is C14H23NO4S. The number of hydrogen-bond donors (Lipinski definition) is 2. The van der Waals surface area contributed by atoms with Crippen LogP contribution in [0.1, 0.15) is 38.9 Å². The lowest BCUT2D eigenvalue weighted by Gasteiger charge is -2.25. The van der Waals surface area contributed by atoms with Crippen LogP contribution in [0.4, 0.5) is 0 Å². The molecule has 0 radical (unpaired) electrons. The Labute approximate surface area is 120 Å². The minimum atomic E-state index is -3.66. The van der Waals surface area contributed by atoms with Crippen molar-refractivity contribution in [3.63, 3.8) is 0 Å². The lowest BCUT2D eigenvalue weighted by atomic mass is 10.1. The van der Waals surface area contributed by atoms with E-state index in [4.69, 9.17) is 5.11 Å². The van der Waals surface area contributed by atoms with Gasteiger partial charge in [-0.2, -0.15) is 4.31 Å². The van der Waals surface area contributed by atoms with Crippen LogP contribution in [0.5, 0.6) is 0 Å². The van der Waals surface area contributed by atoms with Gasteiger partial charge in [0.1, 0.15) is 0 Å². The third kappa shape index (κ3) is 3.79. The van der Waals surface area contributed by atoms with E-state index in [1.54, 1.807) is 26.0 Å². The number of nitrogens with zero attached hydrogens (tertiary/aromatic N) is 1. The van der Waals surface area contributed by atoms with Crippen LogP contribution < -0.4 is 0 Å². The molecule has 0 aliphatic heterocycles. The maximum atomic E-state index is 12.6. The maximum absolute atomic E-state index is 12.6. The van der Waals surface area contributed by atoms with E-state index in [0.717, 1.165) is 0 Å². The van der Waals surface area contributed by atoms with Crippen molar-refractivity contribution in [1.82, 2.24) is 4.31 Å². The highest BCUT2D eigenvalue weighted by atomic mass is 32.2. The molecule has 0 amide bonds. The standard InChI is InChI=1S/C14H23NO4S/c1-4-14(17)12-6-5-7-13(10-12)20(18,19)15(8-9-16)11(2)3/h5-7,10-11,14,16-17H,4,8-9H2,1-3H3. The first-order valence-corrected chi connectivity index (χ1v) is 8.19. The van der Waals surface area contributed by atoms with E-state index in [-0.39, 0.29) is 24.1 Å². The summed E-state index contributed by atoms with van der Waals surface area (Å²) in [6.45, 7) is 5.18. The molecule has 6 heteroatoms. The van der Waals surface area contributed by atoms with Crippen LogP contribution in [-0.4, -0.2) is 42.1 Å². The fourth-order valence-electron chi connectivity index (χ4n) is 2.01. The summed E-state index contributed by atoms with van der Waals surface area (Å²) in [6, 6.07) is 6.09. The smallest absolute Gasteiger partial charge is 0.243 e. The molecule has 0 aliphatic rings. The molecular weight excluding hydrogens is 278 g/mol. The first-order chi connectivity index (χ1) is 9.34. The summed E-state index contributed by atoms with van der Waals surface area (Å²) in [7, 11) is -3.66. The maximum Gasteiger partial charge on any atom is 0.243 e. The lowest BCUT2D eigenvalue weighted by Crippen LogP contribution is -2.39. The van der Waals surface area contributed by atoms with Crippen LogP contribution in [-0.2, 0) is 10.0 Å². The van der Waals surface area contributed by atoms with E-state index >= 15 is 0 Å². The molecule has 20 heavy (non-hydrogen) atoms. The van der Waals surface area contributed by atoms with E-state index in [0.29, 0.717) is 12.0 Å². The van der Waals surface area contributed by atoms with Gasteiger partial charge in [-0.05, 0) is 38.0 Å². The van der Waals surface area contributed by atoms with Crippen molar-refractivity contribution in [1.29, 1.82) is 0 Å². The SMILES string of the molecule is CCC(O)c1cccc(S(=O)(=O)N(CCO)C(C)C)c1. The Morgan fingerprint density at radius 1 is 1.30 bits per heavy atom. The fraction of sp³-hybridized carbons (Fsp3) is 0.571. The molecule has 0 aromatic heterocycles. The molecule has 1 aromatic rings. The number of aliphatic hydroxyl groups is 2. The predicted molar refractivity (Wildman–Crippen MR) is 77.8 cm³/mol. The summed E-state index contributed by atoms with van der Waals surface area (Å²) in [5.41, 5.74) is 0.585. The largest absolute Gasteiger partial charge is 0.395 e. The Morgan fingerprint density at radius 2 is 1.95 bits per heavy atom. The Kier molecular flexibility index (Phi) is 6.13. The summed E-state index contributed by atoms with van der Waals surface area (Å²) < 4.78 is 26.4. The number of aliphatic hydroxyl groups excluding tert-OH is 2. The molecule has 1 atom stereocenters. The molecule has 2 N–H and O–H groups in total. The zero-order valence-corrected chi connectivity index (χ0v) is 13.0. The Balaban J connectivity index is 3.20. The number of hydrogen-bond acceptors (Lipinski definition) is 4. The van der Waals surface area contributed by atoms with Gasteiger partial charge in [-0.15, -0.1) is 0 Å². The molecule has 5 nitrogen and oxygen atoms in total. The number of benzene rings is 1. The van der Waals surface area contributed by atoms with Crippen LogP contribution in [0.25, 0.3) is 0 Å². The summed E-state index contributed by atoms with van der Waals surface area (Å²) in [5, 5.41) is 18.9. The van der Waals surface area contributed by atoms with Gasteiger partial charge < -0.3 is 10.2 Å². The highest BCUT2D eigenvalue weighted by Gasteiger charge is 2.26. The van der Waals surface area contributed by atoms with E-state index < -0.39 is 16.1 Å². The van der Waals surface area contributed by atoms with Gasteiger partial charge in [-0.1, -0.05) is 19.1 Å². The first kappa shape index (κ1) is 17.1. The summed E-state index contributed by atoms with van der Waals surface area (Å²) in [6.07, 6.45) is -0.149. The van der Waals surface area contributed by atoms with Gasteiger partial charge in [0.15, 0.2) is 0 Å². The van der Waals surface area contributed by atoms with Gasteiger partial charge in [0, 0.05) is 12.6 Å². The summed E-state index contributed by atoms with van der Waals surface area (Å²) in [5.74, 6) is 0. The predicted octanol–water partition coefficient (Wildman–Crippen LogP) is 1.52. The van der Waals surface area contributed by atoms with Crippen LogP contribution in [0.15, 0.2) is 29.2 Å². The van der Waals surface area contributed by atoms with E-state index in [2.05, 4.69) is 0 Å². The molecule has 0 heterocycles. The van der Waals surface area contributed by atoms with E-state index in [9.17, 15) is 13.5 Å². The second kappa shape index (κ2) is 7.17. The van der Waals surface area contributed by atoms with Crippen molar-refractivity contribution in [2.75, 3.05) is 13.2 Å². The van der Waals surface area contributed by atoms with Crippen LogP contribution in [0.3, 0.4) is 0 Å². The Hall–Kier alpha value is -0.950. The molecule has 0 saturated heterocycles. The lowest BCUT2D eigenvalue weighted by molar-refractivity contribution is 0.173. The van der Waals surface area contributed by atoms with Crippen LogP contribution in [0, 0.1) is 0 Å². The van der Waals surface area contributed by atoms with Gasteiger partial charge >= 0.3 is 0 Å². The quantitative estimate of drug-likeness (QED) is 0.800. The molecule has 0 aliphatic carbocycles. The van der Waals surface area contributed by atoms with Crippen molar-refractivity contribution in [3.05, 3.63) is 29.8 Å².